The fraction of sp³-hybridized carbons (Fsp3) is 0.200. The molecule has 326 valence electrons. The molecule has 0 aromatic heterocycles. The maximum atomic E-state index is 2.38. The fourth-order valence-corrected chi connectivity index (χ4v) is 9.13. The van der Waals surface area contributed by atoms with Crippen molar-refractivity contribution in [2.24, 2.45) is 0 Å². The molecule has 1 aliphatic carbocycles. The molecule has 0 amide bonds. The van der Waals surface area contributed by atoms with Crippen LogP contribution in [-0.2, 0) is 11.8 Å². The SMILES string of the molecule is CCC.CCCc1ccc(-c2cccc3ccccc23)cc1.Cc1ccc(-c2cccc(-c3ccccc3C)c2C)cc1.Cc1ccc2c(c1)C(C)(C)c1cc(-c3ccccc3)ccc1-2. The van der Waals surface area contributed by atoms with E-state index < -0.39 is 0 Å². The van der Waals surface area contributed by atoms with E-state index in [1.807, 2.05) is 0 Å². The van der Waals surface area contributed by atoms with Gasteiger partial charge in [0.15, 0.2) is 0 Å². The fourth-order valence-electron chi connectivity index (χ4n) is 9.13. The van der Waals surface area contributed by atoms with Gasteiger partial charge in [0.2, 0.25) is 0 Å². The minimum Gasteiger partial charge on any atom is -0.0656 e. The summed E-state index contributed by atoms with van der Waals surface area (Å²) in [5, 5.41) is 2.63. The van der Waals surface area contributed by atoms with Crippen molar-refractivity contribution >= 4 is 10.8 Å². The van der Waals surface area contributed by atoms with Crippen LogP contribution in [0.5, 0.6) is 0 Å². The van der Waals surface area contributed by atoms with Crippen molar-refractivity contribution in [3.05, 3.63) is 239 Å². The van der Waals surface area contributed by atoms with Crippen LogP contribution in [-0.4, -0.2) is 0 Å². The van der Waals surface area contributed by atoms with E-state index in [1.165, 1.54) is 118 Å². The highest BCUT2D eigenvalue weighted by atomic mass is 14.4. The van der Waals surface area contributed by atoms with Crippen LogP contribution in [0.15, 0.2) is 200 Å². The Bertz CT molecular complexity index is 2960. The highest BCUT2D eigenvalue weighted by Crippen LogP contribution is 2.50. The first kappa shape index (κ1) is 46.2. The molecule has 0 saturated heterocycles. The quantitative estimate of drug-likeness (QED) is 0.156. The Morgan fingerprint density at radius 1 is 0.369 bits per heavy atom. The first-order chi connectivity index (χ1) is 31.5. The molecule has 0 heterocycles. The Morgan fingerprint density at radius 2 is 0.877 bits per heavy atom. The molecule has 0 aliphatic heterocycles. The third kappa shape index (κ3) is 10.6. The summed E-state index contributed by atoms with van der Waals surface area (Å²) < 4.78 is 0. The van der Waals surface area contributed by atoms with Crippen LogP contribution in [0.2, 0.25) is 0 Å². The third-order valence-electron chi connectivity index (χ3n) is 12.7. The normalized spacial score (nSPS) is 11.8. The summed E-state index contributed by atoms with van der Waals surface area (Å²) in [6.07, 6.45) is 3.61. The summed E-state index contributed by atoms with van der Waals surface area (Å²) in [5.74, 6) is 0. The second-order valence-corrected chi connectivity index (χ2v) is 18.1. The molecule has 0 unspecified atom stereocenters. The highest BCUT2D eigenvalue weighted by Gasteiger charge is 2.35. The number of fused-ring (bicyclic) bond motifs is 4. The van der Waals surface area contributed by atoms with Gasteiger partial charge in [-0.2, -0.15) is 0 Å². The zero-order valence-electron chi connectivity index (χ0n) is 40.2. The van der Waals surface area contributed by atoms with E-state index in [2.05, 4.69) is 263 Å². The number of rotatable bonds is 6. The average molecular weight is 847 g/mol. The number of hydrogen-bond donors (Lipinski definition) is 0. The largest absolute Gasteiger partial charge is 0.0656 e. The Morgan fingerprint density at radius 3 is 1.58 bits per heavy atom. The number of aryl methyl sites for hydroxylation is 4. The molecule has 65 heavy (non-hydrogen) atoms. The Labute approximate surface area is 390 Å². The summed E-state index contributed by atoms with van der Waals surface area (Å²) in [4.78, 5) is 0. The van der Waals surface area contributed by atoms with Crippen LogP contribution < -0.4 is 0 Å². The molecule has 0 saturated carbocycles. The van der Waals surface area contributed by atoms with E-state index in [0.29, 0.717) is 0 Å². The second kappa shape index (κ2) is 21.3. The molecule has 10 rings (SSSR count). The molecule has 0 nitrogen and oxygen atoms in total. The predicted octanol–water partition coefficient (Wildman–Crippen LogP) is 18.8. The predicted molar refractivity (Wildman–Crippen MR) is 285 cm³/mol. The number of hydrogen-bond acceptors (Lipinski definition) is 0. The second-order valence-electron chi connectivity index (χ2n) is 18.1. The van der Waals surface area contributed by atoms with Gasteiger partial charge in [-0.15, -0.1) is 0 Å². The van der Waals surface area contributed by atoms with Gasteiger partial charge in [-0.3, -0.25) is 0 Å². The molecule has 0 N–H and O–H groups in total. The van der Waals surface area contributed by atoms with Crippen LogP contribution in [0, 0.1) is 27.7 Å². The summed E-state index contributed by atoms with van der Waals surface area (Å²) in [7, 11) is 0. The van der Waals surface area contributed by atoms with Crippen molar-refractivity contribution in [2.45, 2.75) is 87.0 Å². The molecular formula is C65H66. The molecule has 0 bridgehead atoms. The third-order valence-corrected chi connectivity index (χ3v) is 12.7. The van der Waals surface area contributed by atoms with Gasteiger partial charge < -0.3 is 0 Å². The Balaban J connectivity index is 0.000000141. The van der Waals surface area contributed by atoms with Crippen LogP contribution in [0.1, 0.15) is 86.4 Å². The number of benzene rings is 9. The van der Waals surface area contributed by atoms with Gasteiger partial charge in [0.05, 0.1) is 0 Å². The molecule has 9 aromatic rings. The molecule has 0 heteroatoms. The summed E-state index contributed by atoms with van der Waals surface area (Å²) in [5.41, 5.74) is 22.9. The molecule has 0 fully saturated rings. The van der Waals surface area contributed by atoms with Crippen molar-refractivity contribution in [2.75, 3.05) is 0 Å². The van der Waals surface area contributed by atoms with Crippen molar-refractivity contribution in [3.8, 4) is 55.6 Å². The zero-order chi connectivity index (χ0) is 45.9. The van der Waals surface area contributed by atoms with E-state index in [0.717, 1.165) is 6.42 Å². The van der Waals surface area contributed by atoms with E-state index in [1.54, 1.807) is 0 Å². The molecule has 0 radical (unpaired) electrons. The first-order valence-corrected chi connectivity index (χ1v) is 23.6. The van der Waals surface area contributed by atoms with Crippen LogP contribution in [0.3, 0.4) is 0 Å². The topological polar surface area (TPSA) is 0 Å². The molecule has 0 spiro atoms. The van der Waals surface area contributed by atoms with E-state index in [9.17, 15) is 0 Å². The molecule has 1 aliphatic rings. The van der Waals surface area contributed by atoms with Gasteiger partial charge in [-0.25, -0.2) is 0 Å². The van der Waals surface area contributed by atoms with Gasteiger partial charge in [-0.1, -0.05) is 253 Å². The summed E-state index contributed by atoms with van der Waals surface area (Å²) in [6, 6.07) is 72.4. The lowest BCUT2D eigenvalue weighted by Gasteiger charge is -2.22. The van der Waals surface area contributed by atoms with Gasteiger partial charge in [0.25, 0.3) is 0 Å². The Hall–Kier alpha value is -6.76. The van der Waals surface area contributed by atoms with Crippen LogP contribution >= 0.6 is 0 Å². The lowest BCUT2D eigenvalue weighted by molar-refractivity contribution is 0.660. The lowest BCUT2D eigenvalue weighted by Crippen LogP contribution is -2.15. The van der Waals surface area contributed by atoms with Gasteiger partial charge >= 0.3 is 0 Å². The Kier molecular flexibility index (Phi) is 15.1. The standard InChI is InChI=1S/C22H20.C21H20.C19H18.C3H8/c1-15-9-11-18-19-12-10-17(16-7-5-4-6-8-16)14-21(19)22(2,3)20(18)13-15;1-15-11-13-18(14-12-15)20-9-6-10-21(17(20)3)19-8-5-4-7-16(19)2;1-2-6-15-11-13-17(14-12-15)19-10-5-8-16-7-3-4-9-18(16)19;1-3-2/h4-14H,1-3H3;4-14H,1-3H3;3-5,7-14H,2,6H2,1H3;3H2,1-2H3. The molecule has 9 aromatic carbocycles. The molecular weight excluding hydrogens is 781 g/mol. The minimum absolute atomic E-state index is 0.0709. The van der Waals surface area contributed by atoms with Crippen LogP contribution in [0.25, 0.3) is 66.4 Å². The van der Waals surface area contributed by atoms with Crippen molar-refractivity contribution < 1.29 is 0 Å². The maximum Gasteiger partial charge on any atom is 0.0159 e. The maximum absolute atomic E-state index is 2.38. The van der Waals surface area contributed by atoms with Crippen molar-refractivity contribution in [1.82, 2.24) is 0 Å². The van der Waals surface area contributed by atoms with E-state index in [4.69, 9.17) is 0 Å². The zero-order valence-corrected chi connectivity index (χ0v) is 40.2. The summed E-state index contributed by atoms with van der Waals surface area (Å²) >= 11 is 0. The minimum atomic E-state index is 0.0709. The average Bonchev–Trinajstić information content (AvgIpc) is 3.55. The van der Waals surface area contributed by atoms with Crippen molar-refractivity contribution in [1.29, 1.82) is 0 Å². The summed E-state index contributed by atoms with van der Waals surface area (Å²) in [6.45, 7) is 19.8. The smallest absolute Gasteiger partial charge is 0.0159 e. The monoisotopic (exact) mass is 847 g/mol. The van der Waals surface area contributed by atoms with Gasteiger partial charge in [0.1, 0.15) is 0 Å². The highest BCUT2D eigenvalue weighted by molar-refractivity contribution is 5.96. The molecule has 0 atom stereocenters. The first-order valence-electron chi connectivity index (χ1n) is 23.6. The lowest BCUT2D eigenvalue weighted by atomic mass is 9.81. The van der Waals surface area contributed by atoms with E-state index >= 15 is 0 Å². The van der Waals surface area contributed by atoms with E-state index in [-0.39, 0.29) is 5.41 Å². The van der Waals surface area contributed by atoms with Crippen molar-refractivity contribution in [3.63, 3.8) is 0 Å². The van der Waals surface area contributed by atoms with Crippen LogP contribution in [0.4, 0.5) is 0 Å². The van der Waals surface area contributed by atoms with Gasteiger partial charge in [0, 0.05) is 5.41 Å². The van der Waals surface area contributed by atoms with Gasteiger partial charge in [-0.05, 0) is 134 Å².